The molecule has 1 aromatic heterocycles. The van der Waals surface area contributed by atoms with Gasteiger partial charge in [0.05, 0.1) is 12.8 Å². The van der Waals surface area contributed by atoms with Crippen LogP contribution in [0.25, 0.3) is 0 Å². The van der Waals surface area contributed by atoms with E-state index in [9.17, 15) is 9.90 Å². The average Bonchev–Trinajstić information content (AvgIpc) is 2.88. The summed E-state index contributed by atoms with van der Waals surface area (Å²) in [5, 5.41) is 19.8. The van der Waals surface area contributed by atoms with Gasteiger partial charge in [-0.25, -0.2) is 4.68 Å². The van der Waals surface area contributed by atoms with Crippen molar-refractivity contribution in [1.29, 1.82) is 0 Å². The van der Waals surface area contributed by atoms with Gasteiger partial charge in [-0.05, 0) is 0 Å². The maximum atomic E-state index is 11.5. The van der Waals surface area contributed by atoms with E-state index < -0.39 is 5.60 Å². The zero-order chi connectivity index (χ0) is 11.4. The lowest BCUT2D eigenvalue weighted by atomic mass is 10.0. The number of ether oxygens (including phenoxy) is 1. The SMILES string of the molecule is O=C(Cn1ccnn1)NCC1(O)CCOC1. The van der Waals surface area contributed by atoms with Crippen LogP contribution < -0.4 is 5.32 Å². The van der Waals surface area contributed by atoms with Gasteiger partial charge in [0, 0.05) is 25.8 Å². The number of rotatable bonds is 4. The quantitative estimate of drug-likeness (QED) is 0.655. The predicted octanol–water partition coefficient (Wildman–Crippen LogP) is -1.45. The Morgan fingerprint density at radius 1 is 1.69 bits per heavy atom. The van der Waals surface area contributed by atoms with Gasteiger partial charge >= 0.3 is 0 Å². The molecule has 0 spiro atoms. The zero-order valence-electron chi connectivity index (χ0n) is 8.80. The lowest BCUT2D eigenvalue weighted by molar-refractivity contribution is -0.123. The minimum atomic E-state index is -0.919. The first-order valence-corrected chi connectivity index (χ1v) is 5.09. The minimum Gasteiger partial charge on any atom is -0.386 e. The Kier molecular flexibility index (Phi) is 3.16. The van der Waals surface area contributed by atoms with Crippen LogP contribution in [0, 0.1) is 0 Å². The van der Waals surface area contributed by atoms with Gasteiger partial charge in [-0.3, -0.25) is 4.79 Å². The van der Waals surface area contributed by atoms with E-state index in [1.165, 1.54) is 10.9 Å². The van der Waals surface area contributed by atoms with Gasteiger partial charge in [0.15, 0.2) is 0 Å². The molecule has 0 aromatic carbocycles. The zero-order valence-corrected chi connectivity index (χ0v) is 8.80. The summed E-state index contributed by atoms with van der Waals surface area (Å²) in [6, 6.07) is 0. The van der Waals surface area contributed by atoms with Gasteiger partial charge in [-0.1, -0.05) is 5.21 Å². The Labute approximate surface area is 92.4 Å². The third kappa shape index (κ3) is 2.77. The monoisotopic (exact) mass is 226 g/mol. The van der Waals surface area contributed by atoms with Crippen molar-refractivity contribution in [3.05, 3.63) is 12.4 Å². The molecule has 1 aromatic rings. The van der Waals surface area contributed by atoms with Crippen molar-refractivity contribution < 1.29 is 14.6 Å². The van der Waals surface area contributed by atoms with Gasteiger partial charge < -0.3 is 15.2 Å². The summed E-state index contributed by atoms with van der Waals surface area (Å²) < 4.78 is 6.49. The average molecular weight is 226 g/mol. The first kappa shape index (κ1) is 11.0. The maximum Gasteiger partial charge on any atom is 0.241 e. The van der Waals surface area contributed by atoms with E-state index in [0.717, 1.165) is 0 Å². The van der Waals surface area contributed by atoms with Crippen molar-refractivity contribution in [2.75, 3.05) is 19.8 Å². The normalized spacial score (nSPS) is 24.6. The molecule has 0 radical (unpaired) electrons. The van der Waals surface area contributed by atoms with Gasteiger partial charge in [0.2, 0.25) is 5.91 Å². The Morgan fingerprint density at radius 3 is 3.19 bits per heavy atom. The van der Waals surface area contributed by atoms with Crippen LogP contribution in [0.4, 0.5) is 0 Å². The smallest absolute Gasteiger partial charge is 0.241 e. The van der Waals surface area contributed by atoms with Crippen molar-refractivity contribution in [3.63, 3.8) is 0 Å². The third-order valence-electron chi connectivity index (χ3n) is 2.47. The third-order valence-corrected chi connectivity index (χ3v) is 2.47. The van der Waals surface area contributed by atoms with Crippen LogP contribution in [0.1, 0.15) is 6.42 Å². The molecular formula is C9H14N4O3. The van der Waals surface area contributed by atoms with Crippen molar-refractivity contribution in [1.82, 2.24) is 20.3 Å². The molecule has 1 aliphatic rings. The molecule has 1 aliphatic heterocycles. The number of aliphatic hydroxyl groups is 1. The van der Waals surface area contributed by atoms with Crippen molar-refractivity contribution in [2.24, 2.45) is 0 Å². The van der Waals surface area contributed by atoms with E-state index in [-0.39, 0.29) is 25.6 Å². The second-order valence-corrected chi connectivity index (χ2v) is 3.90. The largest absolute Gasteiger partial charge is 0.386 e. The van der Waals surface area contributed by atoms with E-state index in [4.69, 9.17) is 4.74 Å². The lowest BCUT2D eigenvalue weighted by Gasteiger charge is -2.20. The minimum absolute atomic E-state index is 0.108. The number of carbonyl (C=O) groups is 1. The van der Waals surface area contributed by atoms with Crippen LogP contribution in [0.15, 0.2) is 12.4 Å². The fourth-order valence-electron chi connectivity index (χ4n) is 1.52. The molecule has 7 heteroatoms. The molecule has 1 fully saturated rings. The number of aromatic nitrogens is 3. The fraction of sp³-hybridized carbons (Fsp3) is 0.667. The van der Waals surface area contributed by atoms with Crippen molar-refractivity contribution >= 4 is 5.91 Å². The molecule has 0 aliphatic carbocycles. The highest BCUT2D eigenvalue weighted by molar-refractivity contribution is 5.75. The highest BCUT2D eigenvalue weighted by Gasteiger charge is 2.32. The molecule has 0 saturated carbocycles. The van der Waals surface area contributed by atoms with Gasteiger partial charge in [0.25, 0.3) is 0 Å². The lowest BCUT2D eigenvalue weighted by Crippen LogP contribution is -2.44. The summed E-state index contributed by atoms with van der Waals surface area (Å²) >= 11 is 0. The van der Waals surface area contributed by atoms with E-state index in [1.807, 2.05) is 0 Å². The summed E-state index contributed by atoms with van der Waals surface area (Å²) in [6.45, 7) is 1.13. The van der Waals surface area contributed by atoms with E-state index >= 15 is 0 Å². The van der Waals surface area contributed by atoms with Crippen LogP contribution in [-0.4, -0.2) is 51.4 Å². The number of hydrogen-bond acceptors (Lipinski definition) is 5. The summed E-state index contributed by atoms with van der Waals surface area (Å²) in [5.41, 5.74) is -0.919. The molecule has 2 N–H and O–H groups in total. The molecule has 1 unspecified atom stereocenters. The highest BCUT2D eigenvalue weighted by atomic mass is 16.5. The van der Waals surface area contributed by atoms with Crippen molar-refractivity contribution in [2.45, 2.75) is 18.6 Å². The van der Waals surface area contributed by atoms with Crippen LogP contribution in [0.3, 0.4) is 0 Å². The number of carbonyl (C=O) groups excluding carboxylic acids is 1. The second kappa shape index (κ2) is 4.58. The molecule has 2 rings (SSSR count). The van der Waals surface area contributed by atoms with Gasteiger partial charge in [-0.2, -0.15) is 0 Å². The van der Waals surface area contributed by atoms with E-state index in [2.05, 4.69) is 15.6 Å². The molecule has 7 nitrogen and oxygen atoms in total. The van der Waals surface area contributed by atoms with Gasteiger partial charge in [0.1, 0.15) is 12.1 Å². The fourth-order valence-corrected chi connectivity index (χ4v) is 1.52. The number of nitrogens with one attached hydrogen (secondary N) is 1. The summed E-state index contributed by atoms with van der Waals surface area (Å²) in [5.74, 6) is -0.203. The van der Waals surface area contributed by atoms with E-state index in [1.54, 1.807) is 6.20 Å². The molecule has 88 valence electrons. The van der Waals surface area contributed by atoms with Crippen molar-refractivity contribution in [3.8, 4) is 0 Å². The summed E-state index contributed by atoms with van der Waals surface area (Å²) in [4.78, 5) is 11.5. The molecule has 1 amide bonds. The molecule has 16 heavy (non-hydrogen) atoms. The Balaban J connectivity index is 1.75. The maximum absolute atomic E-state index is 11.5. The Morgan fingerprint density at radius 2 is 2.56 bits per heavy atom. The topological polar surface area (TPSA) is 89.3 Å². The second-order valence-electron chi connectivity index (χ2n) is 3.90. The number of hydrogen-bond donors (Lipinski definition) is 2. The van der Waals surface area contributed by atoms with Gasteiger partial charge in [-0.15, -0.1) is 5.10 Å². The molecule has 1 saturated heterocycles. The highest BCUT2D eigenvalue weighted by Crippen LogP contribution is 2.16. The number of amides is 1. The molecule has 1 atom stereocenters. The first-order chi connectivity index (χ1) is 7.68. The Hall–Kier alpha value is -1.47. The molecule has 2 heterocycles. The first-order valence-electron chi connectivity index (χ1n) is 5.09. The number of nitrogens with zero attached hydrogens (tertiary/aromatic N) is 3. The standard InChI is InChI=1S/C9H14N4O3/c14-8(5-13-3-2-11-12-13)10-6-9(15)1-4-16-7-9/h2-3,15H,1,4-7H2,(H,10,14). The molecular weight excluding hydrogens is 212 g/mol. The van der Waals surface area contributed by atoms with Crippen LogP contribution in [0.5, 0.6) is 0 Å². The van der Waals surface area contributed by atoms with Crippen LogP contribution in [0.2, 0.25) is 0 Å². The predicted molar refractivity (Wildman–Crippen MR) is 53.4 cm³/mol. The Bertz CT molecular complexity index is 346. The summed E-state index contributed by atoms with van der Waals surface area (Å²) in [7, 11) is 0. The van der Waals surface area contributed by atoms with E-state index in [0.29, 0.717) is 13.0 Å². The summed E-state index contributed by atoms with van der Waals surface area (Å²) in [6.07, 6.45) is 3.66. The van der Waals surface area contributed by atoms with Crippen LogP contribution in [-0.2, 0) is 16.1 Å². The van der Waals surface area contributed by atoms with Crippen LogP contribution >= 0.6 is 0 Å². The molecule has 0 bridgehead atoms.